The van der Waals surface area contributed by atoms with E-state index in [1.165, 1.54) is 0 Å². The van der Waals surface area contributed by atoms with Gasteiger partial charge in [0.15, 0.2) is 0 Å². The highest BCUT2D eigenvalue weighted by Gasteiger charge is 2.28. The Morgan fingerprint density at radius 2 is 1.62 bits per heavy atom. The zero-order valence-corrected chi connectivity index (χ0v) is 10.6. The molecule has 4 heteroatoms. The fraction of sp³-hybridized carbons (Fsp3) is 1.00. The van der Waals surface area contributed by atoms with Crippen LogP contribution in [-0.4, -0.2) is 30.7 Å². The fourth-order valence-corrected chi connectivity index (χ4v) is 1.90. The average molecular weight is 239 g/mol. The van der Waals surface area contributed by atoms with Crippen molar-refractivity contribution in [2.75, 3.05) is 19.6 Å². The lowest BCUT2D eigenvalue weighted by atomic mass is 9.94. The Hall–Kier alpha value is -0.250. The van der Waals surface area contributed by atoms with Crippen LogP contribution >= 0.6 is 0 Å². The lowest BCUT2D eigenvalue weighted by molar-refractivity contribution is -0.138. The van der Waals surface area contributed by atoms with Gasteiger partial charge in [-0.3, -0.25) is 0 Å². The molecule has 0 aromatic rings. The van der Waals surface area contributed by atoms with E-state index in [0.29, 0.717) is 0 Å². The summed E-state index contributed by atoms with van der Waals surface area (Å²) in [6, 6.07) is 0. The van der Waals surface area contributed by atoms with Gasteiger partial charge in [-0.1, -0.05) is 27.2 Å². The minimum Gasteiger partial charge on any atom is -0.303 e. The molecule has 1 nitrogen and oxygen atoms in total. The smallest absolute Gasteiger partial charge is 0.303 e. The zero-order chi connectivity index (χ0) is 12.6. The van der Waals surface area contributed by atoms with Gasteiger partial charge in [-0.25, -0.2) is 0 Å². The maximum Gasteiger partial charge on any atom is 0.390 e. The molecule has 16 heavy (non-hydrogen) atoms. The molecule has 1 fully saturated rings. The SMILES string of the molecule is CC.CCC1CCN(CCC(F)(F)F)CC1. The number of halogens is 3. The van der Waals surface area contributed by atoms with Gasteiger partial charge in [-0.15, -0.1) is 0 Å². The second kappa shape index (κ2) is 7.93. The molecule has 1 saturated heterocycles. The van der Waals surface area contributed by atoms with Crippen LogP contribution in [0.4, 0.5) is 13.2 Å². The van der Waals surface area contributed by atoms with Gasteiger partial charge in [0.25, 0.3) is 0 Å². The van der Waals surface area contributed by atoms with Crippen LogP contribution in [0.15, 0.2) is 0 Å². The van der Waals surface area contributed by atoms with Gasteiger partial charge in [0.05, 0.1) is 6.42 Å². The van der Waals surface area contributed by atoms with Crippen molar-refractivity contribution in [1.82, 2.24) is 4.90 Å². The first-order valence-corrected chi connectivity index (χ1v) is 6.30. The Morgan fingerprint density at radius 1 is 1.12 bits per heavy atom. The Kier molecular flexibility index (Phi) is 7.81. The molecule has 0 N–H and O–H groups in total. The lowest BCUT2D eigenvalue weighted by Gasteiger charge is -2.31. The normalized spacial score (nSPS) is 19.1. The minimum atomic E-state index is -4.00. The van der Waals surface area contributed by atoms with Crippen molar-refractivity contribution in [3.05, 3.63) is 0 Å². The minimum absolute atomic E-state index is 0.180. The van der Waals surface area contributed by atoms with Crippen LogP contribution in [0.25, 0.3) is 0 Å². The predicted octanol–water partition coefficient (Wildman–Crippen LogP) is 4.09. The maximum atomic E-state index is 11.9. The molecule has 0 aliphatic carbocycles. The van der Waals surface area contributed by atoms with E-state index in [1.54, 1.807) is 0 Å². The molecule has 98 valence electrons. The van der Waals surface area contributed by atoms with Crippen molar-refractivity contribution in [3.8, 4) is 0 Å². The molecule has 1 aliphatic heterocycles. The van der Waals surface area contributed by atoms with Crippen molar-refractivity contribution in [2.45, 2.75) is 52.6 Å². The summed E-state index contributed by atoms with van der Waals surface area (Å²) < 4.78 is 35.8. The number of likely N-dealkylation sites (tertiary alicyclic amines) is 1. The maximum absolute atomic E-state index is 11.9. The summed E-state index contributed by atoms with van der Waals surface area (Å²) >= 11 is 0. The molecule has 0 saturated carbocycles. The topological polar surface area (TPSA) is 3.24 Å². The zero-order valence-electron chi connectivity index (χ0n) is 10.6. The third kappa shape index (κ3) is 7.09. The van der Waals surface area contributed by atoms with E-state index in [-0.39, 0.29) is 6.54 Å². The van der Waals surface area contributed by atoms with E-state index < -0.39 is 12.6 Å². The molecule has 1 rings (SSSR count). The van der Waals surface area contributed by atoms with Gasteiger partial charge in [0.2, 0.25) is 0 Å². The molecule has 0 spiro atoms. The molecular formula is C12H24F3N. The molecule has 0 bridgehead atoms. The Balaban J connectivity index is 0.00000106. The number of hydrogen-bond acceptors (Lipinski definition) is 1. The van der Waals surface area contributed by atoms with Crippen LogP contribution in [0.5, 0.6) is 0 Å². The summed E-state index contributed by atoms with van der Waals surface area (Å²) in [5.41, 5.74) is 0. The molecule has 0 amide bonds. The van der Waals surface area contributed by atoms with E-state index in [4.69, 9.17) is 0 Å². The second-order valence-electron chi connectivity index (χ2n) is 4.06. The predicted molar refractivity (Wildman–Crippen MR) is 61.5 cm³/mol. The van der Waals surface area contributed by atoms with Gasteiger partial charge < -0.3 is 4.90 Å². The van der Waals surface area contributed by atoms with Crippen molar-refractivity contribution < 1.29 is 13.2 Å². The molecule has 0 aromatic carbocycles. The van der Waals surface area contributed by atoms with Crippen LogP contribution in [0.3, 0.4) is 0 Å². The first-order chi connectivity index (χ1) is 7.51. The highest BCUT2D eigenvalue weighted by Crippen LogP contribution is 2.23. The molecule has 0 atom stereocenters. The molecule has 0 aromatic heterocycles. The summed E-state index contributed by atoms with van der Waals surface area (Å²) in [5.74, 6) is 0.733. The van der Waals surface area contributed by atoms with Gasteiger partial charge in [0.1, 0.15) is 0 Å². The van der Waals surface area contributed by atoms with Gasteiger partial charge in [-0.2, -0.15) is 13.2 Å². The summed E-state index contributed by atoms with van der Waals surface area (Å²) in [6.07, 6.45) is -1.37. The van der Waals surface area contributed by atoms with Crippen LogP contribution < -0.4 is 0 Å². The van der Waals surface area contributed by atoms with Crippen LogP contribution in [0.1, 0.15) is 46.5 Å². The number of rotatable bonds is 3. The largest absolute Gasteiger partial charge is 0.390 e. The summed E-state index contributed by atoms with van der Waals surface area (Å²) in [4.78, 5) is 1.93. The van der Waals surface area contributed by atoms with Crippen molar-refractivity contribution in [3.63, 3.8) is 0 Å². The Morgan fingerprint density at radius 3 is 2.00 bits per heavy atom. The standard InChI is InChI=1S/C10H18F3N.C2H6/c1-2-9-3-6-14(7-4-9)8-5-10(11,12)13;1-2/h9H,2-8H2,1H3;1-2H3. The van der Waals surface area contributed by atoms with E-state index in [0.717, 1.165) is 38.3 Å². The van der Waals surface area contributed by atoms with E-state index in [2.05, 4.69) is 6.92 Å². The third-order valence-corrected chi connectivity index (χ3v) is 3.00. The molecule has 0 unspecified atom stereocenters. The van der Waals surface area contributed by atoms with Crippen LogP contribution in [-0.2, 0) is 0 Å². The van der Waals surface area contributed by atoms with Crippen molar-refractivity contribution in [1.29, 1.82) is 0 Å². The first kappa shape index (κ1) is 15.8. The quantitative estimate of drug-likeness (QED) is 0.717. The van der Waals surface area contributed by atoms with Gasteiger partial charge in [-0.05, 0) is 31.8 Å². The van der Waals surface area contributed by atoms with Gasteiger partial charge in [0, 0.05) is 6.54 Å². The monoisotopic (exact) mass is 239 g/mol. The number of hydrogen-bond donors (Lipinski definition) is 0. The number of piperidine rings is 1. The van der Waals surface area contributed by atoms with E-state index in [9.17, 15) is 13.2 Å². The molecular weight excluding hydrogens is 215 g/mol. The lowest BCUT2D eigenvalue weighted by Crippen LogP contribution is -2.35. The molecule has 1 aliphatic rings. The number of nitrogens with zero attached hydrogens (tertiary/aromatic N) is 1. The first-order valence-electron chi connectivity index (χ1n) is 6.30. The van der Waals surface area contributed by atoms with Crippen LogP contribution in [0.2, 0.25) is 0 Å². The summed E-state index contributed by atoms with van der Waals surface area (Å²) in [7, 11) is 0. The highest BCUT2D eigenvalue weighted by atomic mass is 19.4. The molecule has 0 radical (unpaired) electrons. The Bertz CT molecular complexity index is 160. The van der Waals surface area contributed by atoms with Crippen molar-refractivity contribution >= 4 is 0 Å². The summed E-state index contributed by atoms with van der Waals surface area (Å²) in [6.45, 7) is 8.01. The van der Waals surface area contributed by atoms with Gasteiger partial charge >= 0.3 is 6.18 Å². The third-order valence-electron chi connectivity index (χ3n) is 3.00. The van der Waals surface area contributed by atoms with E-state index in [1.807, 2.05) is 18.7 Å². The van der Waals surface area contributed by atoms with E-state index >= 15 is 0 Å². The average Bonchev–Trinajstić information content (AvgIpc) is 2.29. The highest BCUT2D eigenvalue weighted by molar-refractivity contribution is 4.71. The molecule has 1 heterocycles. The fourth-order valence-electron chi connectivity index (χ4n) is 1.90. The van der Waals surface area contributed by atoms with Crippen LogP contribution in [0, 0.1) is 5.92 Å². The number of alkyl halides is 3. The summed E-state index contributed by atoms with van der Waals surface area (Å²) in [5, 5.41) is 0. The Labute approximate surface area is 97.0 Å². The second-order valence-corrected chi connectivity index (χ2v) is 4.06. The van der Waals surface area contributed by atoms with Crippen molar-refractivity contribution in [2.24, 2.45) is 5.92 Å².